The van der Waals surface area contributed by atoms with Gasteiger partial charge in [-0.15, -0.1) is 12.4 Å². The van der Waals surface area contributed by atoms with Crippen molar-refractivity contribution < 1.29 is 9.59 Å². The van der Waals surface area contributed by atoms with Gasteiger partial charge in [-0.1, -0.05) is 0 Å². The largest absolute Gasteiger partial charge is 0.331 e. The van der Waals surface area contributed by atoms with Crippen molar-refractivity contribution in [3.8, 4) is 0 Å². The van der Waals surface area contributed by atoms with E-state index in [1.807, 2.05) is 13.2 Å². The summed E-state index contributed by atoms with van der Waals surface area (Å²) < 4.78 is 1.69. The molecule has 24 heavy (non-hydrogen) atoms. The number of piperidine rings is 1. The number of aromatic nitrogens is 2. The second-order valence-electron chi connectivity index (χ2n) is 7.05. The first kappa shape index (κ1) is 17.2. The Hall–Kier alpha value is -1.60. The first-order valence-corrected chi connectivity index (χ1v) is 8.38. The molecule has 1 unspecified atom stereocenters. The maximum atomic E-state index is 12.7. The van der Waals surface area contributed by atoms with Crippen LogP contribution >= 0.6 is 12.4 Å². The summed E-state index contributed by atoms with van der Waals surface area (Å²) >= 11 is 0. The molecule has 1 aromatic rings. The maximum absolute atomic E-state index is 12.7. The highest BCUT2D eigenvalue weighted by Gasteiger charge is 2.58. The number of aryl methyl sites for hydroxylation is 1. The van der Waals surface area contributed by atoms with E-state index < -0.39 is 0 Å². The number of piperazine rings is 1. The van der Waals surface area contributed by atoms with Crippen LogP contribution in [0.4, 0.5) is 5.69 Å². The lowest BCUT2D eigenvalue weighted by Crippen LogP contribution is -2.53. The molecule has 1 spiro atoms. The molecule has 0 aromatic carbocycles. The Morgan fingerprint density at radius 3 is 2.71 bits per heavy atom. The van der Waals surface area contributed by atoms with Gasteiger partial charge in [0.25, 0.3) is 0 Å². The number of halogens is 1. The average molecular weight is 354 g/mol. The minimum absolute atomic E-state index is 0. The van der Waals surface area contributed by atoms with Crippen LogP contribution in [-0.2, 0) is 16.6 Å². The van der Waals surface area contributed by atoms with Crippen LogP contribution < -0.4 is 10.2 Å². The van der Waals surface area contributed by atoms with Crippen LogP contribution in [-0.4, -0.2) is 59.2 Å². The van der Waals surface area contributed by atoms with Crippen molar-refractivity contribution in [3.63, 3.8) is 0 Å². The first-order chi connectivity index (χ1) is 11.1. The van der Waals surface area contributed by atoms with Gasteiger partial charge in [-0.25, -0.2) is 0 Å². The molecule has 3 heterocycles. The lowest BCUT2D eigenvalue weighted by Gasteiger charge is -2.34. The second-order valence-corrected chi connectivity index (χ2v) is 7.05. The average Bonchev–Trinajstić information content (AvgIpc) is 3.05. The summed E-state index contributed by atoms with van der Waals surface area (Å²) in [6.07, 6.45) is 6.71. The minimum atomic E-state index is -0.0161. The van der Waals surface area contributed by atoms with E-state index in [0.717, 1.165) is 38.0 Å². The molecule has 4 rings (SSSR count). The number of hydrogen-bond donors (Lipinski definition) is 1. The molecule has 2 aliphatic heterocycles. The number of anilines is 1. The zero-order chi connectivity index (χ0) is 16.0. The SMILES string of the molecule is Cl.Cn1cc(N2CCN(C(=O)C3CC34CCNCC4)CC2=O)cn1. The maximum Gasteiger partial charge on any atom is 0.246 e. The molecule has 2 saturated heterocycles. The van der Waals surface area contributed by atoms with Crippen LogP contribution in [0.15, 0.2) is 12.4 Å². The predicted molar refractivity (Wildman–Crippen MR) is 92.0 cm³/mol. The zero-order valence-electron chi connectivity index (χ0n) is 13.9. The Kier molecular flexibility index (Phi) is 4.57. The van der Waals surface area contributed by atoms with Gasteiger partial charge in [0, 0.05) is 32.3 Å². The molecule has 0 radical (unpaired) electrons. The highest BCUT2D eigenvalue weighted by Crippen LogP contribution is 2.59. The van der Waals surface area contributed by atoms with Gasteiger partial charge >= 0.3 is 0 Å². The smallest absolute Gasteiger partial charge is 0.246 e. The van der Waals surface area contributed by atoms with E-state index in [4.69, 9.17) is 0 Å². The molecule has 3 aliphatic rings. The third-order valence-corrected chi connectivity index (χ3v) is 5.62. The van der Waals surface area contributed by atoms with Gasteiger partial charge in [0.05, 0.1) is 11.9 Å². The van der Waals surface area contributed by atoms with Crippen molar-refractivity contribution in [2.45, 2.75) is 19.3 Å². The van der Waals surface area contributed by atoms with E-state index in [-0.39, 0.29) is 42.1 Å². The Morgan fingerprint density at radius 1 is 1.33 bits per heavy atom. The van der Waals surface area contributed by atoms with E-state index in [9.17, 15) is 9.59 Å². The van der Waals surface area contributed by atoms with E-state index in [1.54, 1.807) is 20.7 Å². The Labute approximate surface area is 147 Å². The van der Waals surface area contributed by atoms with Crippen LogP contribution in [0.5, 0.6) is 0 Å². The quantitative estimate of drug-likeness (QED) is 0.836. The summed E-state index contributed by atoms with van der Waals surface area (Å²) in [5.74, 6) is 0.311. The lowest BCUT2D eigenvalue weighted by atomic mass is 9.91. The van der Waals surface area contributed by atoms with E-state index >= 15 is 0 Å². The molecule has 0 bridgehead atoms. The molecule has 2 amide bonds. The number of nitrogens with one attached hydrogen (secondary N) is 1. The molecular weight excluding hydrogens is 330 g/mol. The van der Waals surface area contributed by atoms with Crippen molar-refractivity contribution in [2.75, 3.05) is 37.6 Å². The highest BCUT2D eigenvalue weighted by atomic mass is 35.5. The topological polar surface area (TPSA) is 70.5 Å². The molecule has 1 aliphatic carbocycles. The molecule has 1 aromatic heterocycles. The normalized spacial score (nSPS) is 25.5. The van der Waals surface area contributed by atoms with Gasteiger partial charge in [-0.3, -0.25) is 14.3 Å². The molecule has 7 nitrogen and oxygen atoms in total. The second kappa shape index (κ2) is 6.37. The van der Waals surface area contributed by atoms with Gasteiger partial charge in [0.1, 0.15) is 6.54 Å². The number of carbonyl (C=O) groups is 2. The van der Waals surface area contributed by atoms with Crippen LogP contribution in [0.3, 0.4) is 0 Å². The summed E-state index contributed by atoms with van der Waals surface area (Å²) in [4.78, 5) is 28.6. The minimum Gasteiger partial charge on any atom is -0.331 e. The fourth-order valence-electron chi connectivity index (χ4n) is 4.08. The van der Waals surface area contributed by atoms with Gasteiger partial charge in [0.2, 0.25) is 11.8 Å². The van der Waals surface area contributed by atoms with Gasteiger partial charge in [-0.05, 0) is 37.8 Å². The summed E-state index contributed by atoms with van der Waals surface area (Å²) in [6.45, 7) is 3.38. The third kappa shape index (κ3) is 2.91. The molecule has 1 atom stereocenters. The predicted octanol–water partition coefficient (Wildman–Crippen LogP) is 0.407. The third-order valence-electron chi connectivity index (χ3n) is 5.62. The van der Waals surface area contributed by atoms with E-state index in [2.05, 4.69) is 10.4 Å². The number of amides is 2. The fourth-order valence-corrected chi connectivity index (χ4v) is 4.08. The Balaban J connectivity index is 0.00000169. The highest BCUT2D eigenvalue weighted by molar-refractivity contribution is 5.98. The summed E-state index contributed by atoms with van der Waals surface area (Å²) in [5, 5.41) is 7.47. The number of rotatable bonds is 2. The molecule has 8 heteroatoms. The van der Waals surface area contributed by atoms with Crippen LogP contribution in [0, 0.1) is 11.3 Å². The van der Waals surface area contributed by atoms with Gasteiger partial charge in [-0.2, -0.15) is 5.10 Å². The fraction of sp³-hybridized carbons (Fsp3) is 0.688. The Bertz CT molecular complexity index is 640. The number of carbonyl (C=O) groups excluding carboxylic acids is 2. The van der Waals surface area contributed by atoms with Gasteiger partial charge in [0.15, 0.2) is 0 Å². The van der Waals surface area contributed by atoms with Crippen LogP contribution in [0.2, 0.25) is 0 Å². The zero-order valence-corrected chi connectivity index (χ0v) is 14.7. The Morgan fingerprint density at radius 2 is 2.08 bits per heavy atom. The number of hydrogen-bond acceptors (Lipinski definition) is 4. The van der Waals surface area contributed by atoms with Crippen molar-refractivity contribution in [1.82, 2.24) is 20.0 Å². The van der Waals surface area contributed by atoms with E-state index in [0.29, 0.717) is 13.1 Å². The molecule has 1 N–H and O–H groups in total. The monoisotopic (exact) mass is 353 g/mol. The lowest BCUT2D eigenvalue weighted by molar-refractivity contribution is -0.138. The van der Waals surface area contributed by atoms with E-state index in [1.165, 1.54) is 0 Å². The number of nitrogens with zero attached hydrogens (tertiary/aromatic N) is 4. The standard InChI is InChI=1S/C16H23N5O2.ClH/c1-19-10-12(9-18-19)21-7-6-20(11-14(21)22)15(23)13-8-16(13)2-4-17-5-3-16;/h9-10,13,17H,2-8,11H2,1H3;1H. The van der Waals surface area contributed by atoms with Crippen molar-refractivity contribution in [3.05, 3.63) is 12.4 Å². The summed E-state index contributed by atoms with van der Waals surface area (Å²) in [7, 11) is 1.83. The van der Waals surface area contributed by atoms with Crippen LogP contribution in [0.25, 0.3) is 0 Å². The molecular formula is C16H24ClN5O2. The van der Waals surface area contributed by atoms with Crippen LogP contribution in [0.1, 0.15) is 19.3 Å². The molecule has 132 valence electrons. The summed E-state index contributed by atoms with van der Waals surface area (Å²) in [5.41, 5.74) is 1.04. The molecule has 1 saturated carbocycles. The first-order valence-electron chi connectivity index (χ1n) is 8.38. The van der Waals surface area contributed by atoms with Crippen molar-refractivity contribution in [1.29, 1.82) is 0 Å². The summed E-state index contributed by atoms with van der Waals surface area (Å²) in [6, 6.07) is 0. The van der Waals surface area contributed by atoms with Gasteiger partial charge < -0.3 is 15.1 Å². The van der Waals surface area contributed by atoms with Crippen molar-refractivity contribution >= 4 is 29.9 Å². The molecule has 3 fully saturated rings. The van der Waals surface area contributed by atoms with Crippen molar-refractivity contribution in [2.24, 2.45) is 18.4 Å².